The average Bonchev–Trinajstić information content (AvgIpc) is 3.39. The highest BCUT2D eigenvalue weighted by atomic mass is 35.5. The van der Waals surface area contributed by atoms with Crippen LogP contribution in [0.1, 0.15) is 61.6 Å². The summed E-state index contributed by atoms with van der Waals surface area (Å²) in [6, 6.07) is 4.29. The van der Waals surface area contributed by atoms with E-state index in [0.29, 0.717) is 25.0 Å². The lowest BCUT2D eigenvalue weighted by atomic mass is 9.76. The molecule has 0 bridgehead atoms. The fourth-order valence-corrected chi connectivity index (χ4v) is 9.69. The van der Waals surface area contributed by atoms with Crippen molar-refractivity contribution in [2.24, 2.45) is 5.92 Å². The van der Waals surface area contributed by atoms with E-state index in [1.807, 2.05) is 0 Å². The van der Waals surface area contributed by atoms with E-state index in [0.717, 1.165) is 31.4 Å². The van der Waals surface area contributed by atoms with Crippen molar-refractivity contribution < 1.29 is 53.8 Å². The van der Waals surface area contributed by atoms with Crippen LogP contribution in [0, 0.1) is 5.92 Å². The normalized spacial score (nSPS) is 22.6. The molecule has 1 saturated heterocycles. The van der Waals surface area contributed by atoms with Crippen LogP contribution in [0.25, 0.3) is 0 Å². The van der Waals surface area contributed by atoms with Gasteiger partial charge in [0.1, 0.15) is 4.75 Å². The van der Waals surface area contributed by atoms with Crippen molar-refractivity contribution in [3.05, 3.63) is 63.1 Å². The van der Waals surface area contributed by atoms with Crippen molar-refractivity contribution in [3.63, 3.8) is 0 Å². The van der Waals surface area contributed by atoms with Crippen LogP contribution in [0.4, 0.5) is 30.7 Å². The number of likely N-dealkylation sites (tertiary alicyclic amines) is 1. The zero-order chi connectivity index (χ0) is 33.6. The minimum absolute atomic E-state index is 0.0138. The maximum absolute atomic E-state index is 15.0. The number of hydrogen-bond donors (Lipinski definition) is 1. The first-order chi connectivity index (χ1) is 20.9. The number of carbonyl (C=O) groups is 2. The summed E-state index contributed by atoms with van der Waals surface area (Å²) in [6.45, 7) is -0.236. The minimum atomic E-state index is -6.32. The van der Waals surface area contributed by atoms with Crippen LogP contribution in [-0.2, 0) is 36.3 Å². The SMILES string of the molecule is O=C(C1CCCCC1)N1CCC2(S(=O)(=O)c3ccc(Cl)c(Cl)c3)c3ccc(C(F)(C(F)(F)F)C(F)(F)F)cc3CCC12.O=CO. The Labute approximate surface area is 264 Å². The molecule has 0 spiro atoms. The molecule has 0 aromatic heterocycles. The van der Waals surface area contributed by atoms with E-state index in [2.05, 4.69) is 0 Å². The molecule has 2 unspecified atom stereocenters. The predicted molar refractivity (Wildman–Crippen MR) is 150 cm³/mol. The third-order valence-electron chi connectivity index (χ3n) is 8.98. The van der Waals surface area contributed by atoms with Gasteiger partial charge < -0.3 is 10.0 Å². The topological polar surface area (TPSA) is 91.8 Å². The van der Waals surface area contributed by atoms with Crippen LogP contribution in [0.3, 0.4) is 0 Å². The summed E-state index contributed by atoms with van der Waals surface area (Å²) < 4.78 is 123. The Hall–Kier alpha value is -2.58. The molecule has 248 valence electrons. The Balaban J connectivity index is 0.00000148. The van der Waals surface area contributed by atoms with Crippen LogP contribution < -0.4 is 0 Å². The van der Waals surface area contributed by atoms with E-state index in [9.17, 15) is 43.9 Å². The van der Waals surface area contributed by atoms with Gasteiger partial charge in [-0.2, -0.15) is 26.3 Å². The number of benzene rings is 2. The number of fused-ring (bicyclic) bond motifs is 3. The lowest BCUT2D eigenvalue weighted by molar-refractivity contribution is -0.348. The lowest BCUT2D eigenvalue weighted by Gasteiger charge is -2.43. The highest BCUT2D eigenvalue weighted by Gasteiger charge is 2.74. The molecule has 6 nitrogen and oxygen atoms in total. The number of carboxylic acid groups (broad SMARTS) is 1. The first kappa shape index (κ1) is 35.3. The zero-order valence-corrected chi connectivity index (χ0v) is 25.7. The van der Waals surface area contributed by atoms with E-state index >= 15 is 0 Å². The highest BCUT2D eigenvalue weighted by molar-refractivity contribution is 7.92. The van der Waals surface area contributed by atoms with Gasteiger partial charge in [0.15, 0.2) is 9.84 Å². The molecule has 5 rings (SSSR count). The quantitative estimate of drug-likeness (QED) is 0.259. The molecule has 2 atom stereocenters. The van der Waals surface area contributed by atoms with Gasteiger partial charge in [-0.1, -0.05) is 60.7 Å². The molecule has 45 heavy (non-hydrogen) atoms. The zero-order valence-electron chi connectivity index (χ0n) is 23.4. The van der Waals surface area contributed by atoms with E-state index in [1.54, 1.807) is 0 Å². The van der Waals surface area contributed by atoms with Crippen LogP contribution in [0.15, 0.2) is 41.3 Å². The maximum atomic E-state index is 15.0. The Bertz CT molecular complexity index is 1550. The molecule has 2 aliphatic carbocycles. The Morgan fingerprint density at radius 3 is 2.07 bits per heavy atom. The highest BCUT2D eigenvalue weighted by Crippen LogP contribution is 2.57. The minimum Gasteiger partial charge on any atom is -0.483 e. The fourth-order valence-electron chi connectivity index (χ4n) is 6.93. The Morgan fingerprint density at radius 2 is 1.51 bits per heavy atom. The van der Waals surface area contributed by atoms with Gasteiger partial charge in [-0.3, -0.25) is 9.59 Å². The van der Waals surface area contributed by atoms with Crippen molar-refractivity contribution in [2.75, 3.05) is 6.54 Å². The van der Waals surface area contributed by atoms with Crippen LogP contribution in [0.5, 0.6) is 0 Å². The number of aryl methyl sites for hydroxylation is 1. The number of amides is 1. The standard InChI is InChI=1S/C28H26Cl2F7NO3S.CH2O2/c29-21-10-8-19(15-22(21)30)42(40,41)25-12-13-38(24(39)16-4-2-1-3-5-16)23(25)11-6-17-14-18(7-9-20(17)25)26(31,27(32,33)34)28(35,36)37;2-1-3/h7-10,14-16,23H,1-6,11-13H2;1H,(H,2,3). The predicted octanol–water partition coefficient (Wildman–Crippen LogP) is 7.78. The number of carbonyl (C=O) groups excluding carboxylic acids is 1. The van der Waals surface area contributed by atoms with Crippen molar-refractivity contribution >= 4 is 45.4 Å². The Kier molecular flexibility index (Phi) is 9.84. The monoisotopic (exact) mass is 705 g/mol. The number of hydrogen-bond acceptors (Lipinski definition) is 4. The molecule has 1 saturated carbocycles. The summed E-state index contributed by atoms with van der Waals surface area (Å²) in [5, 5.41) is 6.88. The molecule has 2 fully saturated rings. The summed E-state index contributed by atoms with van der Waals surface area (Å²) in [6.07, 6.45) is -9.08. The third kappa shape index (κ3) is 5.79. The van der Waals surface area contributed by atoms with Gasteiger partial charge in [0.05, 0.1) is 21.0 Å². The second-order valence-corrected chi connectivity index (χ2v) is 14.3. The summed E-state index contributed by atoms with van der Waals surface area (Å²) in [4.78, 5) is 23.3. The van der Waals surface area contributed by atoms with Crippen LogP contribution in [-0.4, -0.2) is 55.7 Å². The van der Waals surface area contributed by atoms with Gasteiger partial charge in [0.25, 0.3) is 6.47 Å². The van der Waals surface area contributed by atoms with E-state index < -0.39 is 44.2 Å². The molecular formula is C29H28Cl2F7NO5S. The van der Waals surface area contributed by atoms with Gasteiger partial charge >= 0.3 is 18.0 Å². The van der Waals surface area contributed by atoms with Gasteiger partial charge in [-0.05, 0) is 61.4 Å². The molecule has 16 heteroatoms. The van der Waals surface area contributed by atoms with Crippen LogP contribution in [0.2, 0.25) is 10.0 Å². The molecule has 3 aliphatic rings. The molecule has 1 amide bonds. The summed E-state index contributed by atoms with van der Waals surface area (Å²) in [7, 11) is -4.49. The van der Waals surface area contributed by atoms with Crippen molar-refractivity contribution in [3.8, 4) is 0 Å². The van der Waals surface area contributed by atoms with E-state index in [1.165, 1.54) is 17.0 Å². The summed E-state index contributed by atoms with van der Waals surface area (Å²) in [5.74, 6) is -0.528. The molecule has 2 aromatic rings. The number of nitrogens with zero attached hydrogens (tertiary/aromatic N) is 1. The van der Waals surface area contributed by atoms with Crippen molar-refractivity contribution in [1.82, 2.24) is 4.90 Å². The van der Waals surface area contributed by atoms with Gasteiger partial charge in [-0.15, -0.1) is 0 Å². The lowest BCUT2D eigenvalue weighted by Crippen LogP contribution is -2.53. The van der Waals surface area contributed by atoms with Crippen molar-refractivity contribution in [2.45, 2.75) is 85.1 Å². The molecular weight excluding hydrogens is 678 g/mol. The third-order valence-corrected chi connectivity index (χ3v) is 12.3. The van der Waals surface area contributed by atoms with Crippen LogP contribution >= 0.6 is 23.2 Å². The fraction of sp³-hybridized carbons (Fsp3) is 0.517. The summed E-state index contributed by atoms with van der Waals surface area (Å²) >= 11 is 12.1. The molecule has 1 heterocycles. The second kappa shape index (κ2) is 12.6. The summed E-state index contributed by atoms with van der Waals surface area (Å²) in [5.41, 5.74) is -7.57. The van der Waals surface area contributed by atoms with Gasteiger partial charge in [0, 0.05) is 18.0 Å². The molecule has 1 aliphatic heterocycles. The number of rotatable bonds is 4. The van der Waals surface area contributed by atoms with Gasteiger partial charge in [-0.25, -0.2) is 12.8 Å². The molecule has 1 N–H and O–H groups in total. The number of halogens is 9. The maximum Gasteiger partial charge on any atom is 0.435 e. The second-order valence-electron chi connectivity index (χ2n) is 11.3. The smallest absolute Gasteiger partial charge is 0.435 e. The molecule has 0 radical (unpaired) electrons. The van der Waals surface area contributed by atoms with E-state index in [-0.39, 0.29) is 70.2 Å². The Morgan fingerprint density at radius 1 is 0.911 bits per heavy atom. The first-order valence-corrected chi connectivity index (χ1v) is 16.2. The van der Waals surface area contributed by atoms with E-state index in [4.69, 9.17) is 33.1 Å². The number of alkyl halides is 7. The van der Waals surface area contributed by atoms with Crippen molar-refractivity contribution in [1.29, 1.82) is 0 Å². The van der Waals surface area contributed by atoms with Gasteiger partial charge in [0.2, 0.25) is 5.91 Å². The first-order valence-electron chi connectivity index (χ1n) is 13.9. The number of sulfone groups is 1. The largest absolute Gasteiger partial charge is 0.483 e. The molecule has 2 aromatic carbocycles. The average molecular weight is 707 g/mol.